The standard InChI is InChI=1S/C26H30F3N3O/c27-26(28,29)24-6-2-1-4-20(24)16-31-12-9-18(10-13-31)19-7-8-23-21(14-19)17-32(25(23)33)22-5-3-11-30-15-22/h1-2,4,6-8,14,18,22,30H,3,5,9-13,15-17H2. The van der Waals surface area contributed by atoms with E-state index >= 15 is 0 Å². The number of nitrogens with zero attached hydrogens (tertiary/aromatic N) is 2. The van der Waals surface area contributed by atoms with Gasteiger partial charge in [0.15, 0.2) is 0 Å². The number of rotatable bonds is 4. The van der Waals surface area contributed by atoms with E-state index in [1.54, 1.807) is 12.1 Å². The van der Waals surface area contributed by atoms with Gasteiger partial charge in [-0.25, -0.2) is 0 Å². The van der Waals surface area contributed by atoms with Crippen LogP contribution in [0.5, 0.6) is 0 Å². The highest BCUT2D eigenvalue weighted by Gasteiger charge is 2.35. The summed E-state index contributed by atoms with van der Waals surface area (Å²) in [4.78, 5) is 17.0. The molecule has 3 heterocycles. The second kappa shape index (κ2) is 9.11. The summed E-state index contributed by atoms with van der Waals surface area (Å²) in [5.74, 6) is 0.522. The zero-order chi connectivity index (χ0) is 23.0. The number of nitrogens with one attached hydrogen (secondary N) is 1. The van der Waals surface area contributed by atoms with Gasteiger partial charge in [0.25, 0.3) is 5.91 Å². The second-order valence-electron chi connectivity index (χ2n) is 9.56. The summed E-state index contributed by atoms with van der Waals surface area (Å²) >= 11 is 0. The molecule has 0 aromatic heterocycles. The van der Waals surface area contributed by atoms with Crippen molar-refractivity contribution in [1.29, 1.82) is 0 Å². The molecule has 33 heavy (non-hydrogen) atoms. The van der Waals surface area contributed by atoms with E-state index in [9.17, 15) is 18.0 Å². The molecule has 0 bridgehead atoms. The summed E-state index contributed by atoms with van der Waals surface area (Å²) in [6.07, 6.45) is -0.343. The van der Waals surface area contributed by atoms with Gasteiger partial charge >= 0.3 is 6.18 Å². The van der Waals surface area contributed by atoms with Crippen molar-refractivity contribution in [1.82, 2.24) is 15.1 Å². The van der Waals surface area contributed by atoms with Gasteiger partial charge in [-0.05, 0) is 80.1 Å². The third-order valence-electron chi connectivity index (χ3n) is 7.45. The van der Waals surface area contributed by atoms with Gasteiger partial charge in [-0.2, -0.15) is 13.2 Å². The largest absolute Gasteiger partial charge is 0.416 e. The molecule has 2 saturated heterocycles. The number of hydrogen-bond donors (Lipinski definition) is 1. The first-order valence-electron chi connectivity index (χ1n) is 11.9. The minimum absolute atomic E-state index is 0.142. The van der Waals surface area contributed by atoms with Crippen LogP contribution in [-0.4, -0.2) is 47.9 Å². The van der Waals surface area contributed by atoms with Gasteiger partial charge in [0.05, 0.1) is 5.56 Å². The minimum Gasteiger partial charge on any atom is -0.330 e. The molecule has 1 unspecified atom stereocenters. The van der Waals surface area contributed by atoms with E-state index in [2.05, 4.69) is 22.3 Å². The van der Waals surface area contributed by atoms with Crippen LogP contribution in [0.4, 0.5) is 13.2 Å². The third-order valence-corrected chi connectivity index (χ3v) is 7.45. The maximum absolute atomic E-state index is 13.3. The van der Waals surface area contributed by atoms with Crippen LogP contribution in [0.1, 0.15) is 64.2 Å². The third kappa shape index (κ3) is 4.66. The summed E-state index contributed by atoms with van der Waals surface area (Å²) in [7, 11) is 0. The maximum atomic E-state index is 13.3. The van der Waals surface area contributed by atoms with E-state index in [4.69, 9.17) is 0 Å². The lowest BCUT2D eigenvalue weighted by Crippen LogP contribution is -2.46. The number of carbonyl (C=O) groups is 1. The lowest BCUT2D eigenvalue weighted by molar-refractivity contribution is -0.138. The Morgan fingerprint density at radius 3 is 2.55 bits per heavy atom. The number of likely N-dealkylation sites (tertiary alicyclic amines) is 1. The molecule has 0 radical (unpaired) electrons. The van der Waals surface area contributed by atoms with Gasteiger partial charge in [0, 0.05) is 31.2 Å². The number of fused-ring (bicyclic) bond motifs is 1. The average Bonchev–Trinajstić information content (AvgIpc) is 3.15. The van der Waals surface area contributed by atoms with Crippen LogP contribution in [-0.2, 0) is 19.3 Å². The molecule has 4 nitrogen and oxygen atoms in total. The monoisotopic (exact) mass is 457 g/mol. The Balaban J connectivity index is 1.22. The molecule has 1 atom stereocenters. The topological polar surface area (TPSA) is 35.6 Å². The second-order valence-corrected chi connectivity index (χ2v) is 9.56. The van der Waals surface area contributed by atoms with Crippen molar-refractivity contribution in [3.63, 3.8) is 0 Å². The summed E-state index contributed by atoms with van der Waals surface area (Å²) in [6.45, 7) is 4.44. The number of amides is 1. The molecule has 1 amide bonds. The Morgan fingerprint density at radius 2 is 1.82 bits per heavy atom. The van der Waals surface area contributed by atoms with Crippen molar-refractivity contribution in [2.24, 2.45) is 0 Å². The molecule has 5 rings (SSSR count). The fourth-order valence-electron chi connectivity index (χ4n) is 5.61. The summed E-state index contributed by atoms with van der Waals surface area (Å²) in [5.41, 5.74) is 3.00. The zero-order valence-corrected chi connectivity index (χ0v) is 18.7. The molecule has 3 aliphatic rings. The van der Waals surface area contributed by atoms with E-state index < -0.39 is 11.7 Å². The van der Waals surface area contributed by atoms with E-state index in [1.807, 2.05) is 11.0 Å². The molecular weight excluding hydrogens is 427 g/mol. The van der Waals surface area contributed by atoms with Gasteiger partial charge in [-0.15, -0.1) is 0 Å². The normalized spacial score (nSPS) is 22.6. The van der Waals surface area contributed by atoms with Gasteiger partial charge < -0.3 is 10.2 Å². The van der Waals surface area contributed by atoms with E-state index in [1.165, 1.54) is 17.7 Å². The number of hydrogen-bond acceptors (Lipinski definition) is 3. The van der Waals surface area contributed by atoms with Gasteiger partial charge in [0.1, 0.15) is 0 Å². The van der Waals surface area contributed by atoms with Crippen LogP contribution >= 0.6 is 0 Å². The first-order valence-corrected chi connectivity index (χ1v) is 11.9. The van der Waals surface area contributed by atoms with Gasteiger partial charge in [0.2, 0.25) is 0 Å². The van der Waals surface area contributed by atoms with Crippen molar-refractivity contribution >= 4 is 5.91 Å². The molecule has 2 fully saturated rings. The SMILES string of the molecule is O=C1c2ccc(C3CCN(Cc4ccccc4C(F)(F)F)CC3)cc2CN1C1CCCNC1. The Bertz CT molecular complexity index is 1010. The predicted octanol–water partition coefficient (Wildman–Crippen LogP) is 4.79. The highest BCUT2D eigenvalue weighted by Crippen LogP contribution is 2.35. The van der Waals surface area contributed by atoms with Crippen LogP contribution in [0.3, 0.4) is 0 Å². The van der Waals surface area contributed by atoms with Crippen molar-refractivity contribution in [2.75, 3.05) is 26.2 Å². The number of halogens is 3. The molecule has 0 aliphatic carbocycles. The molecule has 176 valence electrons. The Labute approximate surface area is 192 Å². The first kappa shape index (κ1) is 22.4. The van der Waals surface area contributed by atoms with E-state index in [0.717, 1.165) is 63.0 Å². The molecule has 0 saturated carbocycles. The Hall–Kier alpha value is -2.38. The molecule has 3 aliphatic heterocycles. The molecule has 0 spiro atoms. The van der Waals surface area contributed by atoms with Gasteiger partial charge in [-0.1, -0.05) is 30.3 Å². The summed E-state index contributed by atoms with van der Waals surface area (Å²) < 4.78 is 40.0. The van der Waals surface area contributed by atoms with E-state index in [0.29, 0.717) is 24.6 Å². The van der Waals surface area contributed by atoms with Crippen LogP contribution in [0, 0.1) is 0 Å². The Morgan fingerprint density at radius 1 is 1.03 bits per heavy atom. The van der Waals surface area contributed by atoms with Crippen LogP contribution in [0.15, 0.2) is 42.5 Å². The smallest absolute Gasteiger partial charge is 0.330 e. The predicted molar refractivity (Wildman–Crippen MR) is 121 cm³/mol. The number of piperidine rings is 2. The first-order chi connectivity index (χ1) is 15.9. The quantitative estimate of drug-likeness (QED) is 0.717. The highest BCUT2D eigenvalue weighted by atomic mass is 19.4. The lowest BCUT2D eigenvalue weighted by Gasteiger charge is -2.33. The van der Waals surface area contributed by atoms with Gasteiger partial charge in [-0.3, -0.25) is 9.69 Å². The molecule has 2 aromatic rings. The maximum Gasteiger partial charge on any atom is 0.416 e. The molecule has 1 N–H and O–H groups in total. The zero-order valence-electron chi connectivity index (χ0n) is 18.7. The molecule has 7 heteroatoms. The molecular formula is C26H30F3N3O. The fraction of sp³-hybridized carbons (Fsp3) is 0.500. The molecule has 2 aromatic carbocycles. The summed E-state index contributed by atoms with van der Waals surface area (Å²) in [5, 5.41) is 3.39. The average molecular weight is 458 g/mol. The van der Waals surface area contributed by atoms with E-state index in [-0.39, 0.29) is 11.9 Å². The number of carbonyl (C=O) groups excluding carboxylic acids is 1. The Kier molecular flexibility index (Phi) is 6.18. The van der Waals surface area contributed by atoms with Crippen molar-refractivity contribution in [3.05, 3.63) is 70.3 Å². The van der Waals surface area contributed by atoms with Crippen LogP contribution < -0.4 is 5.32 Å². The van der Waals surface area contributed by atoms with Crippen molar-refractivity contribution in [2.45, 2.75) is 56.9 Å². The lowest BCUT2D eigenvalue weighted by atomic mass is 9.87. The minimum atomic E-state index is -4.32. The summed E-state index contributed by atoms with van der Waals surface area (Å²) in [6, 6.07) is 12.4. The van der Waals surface area contributed by atoms with Crippen molar-refractivity contribution < 1.29 is 18.0 Å². The number of alkyl halides is 3. The number of benzene rings is 2. The highest BCUT2D eigenvalue weighted by molar-refractivity contribution is 5.98. The fourth-order valence-corrected chi connectivity index (χ4v) is 5.61. The van der Waals surface area contributed by atoms with Crippen LogP contribution in [0.25, 0.3) is 0 Å². The van der Waals surface area contributed by atoms with Crippen molar-refractivity contribution in [3.8, 4) is 0 Å². The van der Waals surface area contributed by atoms with Crippen LogP contribution in [0.2, 0.25) is 0 Å².